The summed E-state index contributed by atoms with van der Waals surface area (Å²) in [6.07, 6.45) is 2.49. The fourth-order valence-electron chi connectivity index (χ4n) is 6.07. The summed E-state index contributed by atoms with van der Waals surface area (Å²) in [4.78, 5) is 59.6. The van der Waals surface area contributed by atoms with Crippen molar-refractivity contribution in [3.8, 4) is 0 Å². The van der Waals surface area contributed by atoms with Crippen molar-refractivity contribution in [2.24, 2.45) is 0 Å². The van der Waals surface area contributed by atoms with Crippen molar-refractivity contribution in [2.45, 2.75) is 58.7 Å². The summed E-state index contributed by atoms with van der Waals surface area (Å²) in [7, 11) is 0. The van der Waals surface area contributed by atoms with Crippen molar-refractivity contribution in [3.63, 3.8) is 0 Å². The van der Waals surface area contributed by atoms with Crippen LogP contribution in [0.1, 0.15) is 97.2 Å². The average molecular weight is 675 g/mol. The second-order valence-corrected chi connectivity index (χ2v) is 13.0. The van der Waals surface area contributed by atoms with E-state index in [1.165, 1.54) is 22.8 Å². The molecule has 1 fully saturated rings. The van der Waals surface area contributed by atoms with E-state index in [2.05, 4.69) is 20.7 Å². The average Bonchev–Trinajstić information content (AvgIpc) is 3.69. The van der Waals surface area contributed by atoms with Gasteiger partial charge in [-0.05, 0) is 81.0 Å². The Morgan fingerprint density at radius 3 is 2.47 bits per heavy atom. The number of esters is 1. The standard InChI is InChI=1S/C35H36F2N6O6/c1-19-21-8-10-27(23(21)7-6-22(19)34(47)49-35(2,3)4)41-32(45)29-16-28(31(44)38-17-20-5-9-25(36)26(37)15-20)40-30-24(18-39-43(29)30)33(46)42-11-13-48-14-12-42/h5-7,9,15-16,18,27H,8,10-14,17H2,1-4H3,(H,38,44)(H,41,45)/t27-/m0/s1. The van der Waals surface area contributed by atoms with Gasteiger partial charge in [0.25, 0.3) is 17.7 Å². The van der Waals surface area contributed by atoms with Crippen molar-refractivity contribution >= 4 is 29.3 Å². The lowest BCUT2D eigenvalue weighted by atomic mass is 9.97. The molecule has 4 aromatic rings. The maximum Gasteiger partial charge on any atom is 0.338 e. The second kappa shape index (κ2) is 13.3. The number of benzene rings is 2. The molecule has 256 valence electrons. The molecule has 0 bridgehead atoms. The molecule has 6 rings (SSSR count). The number of nitrogens with one attached hydrogen (secondary N) is 2. The molecule has 49 heavy (non-hydrogen) atoms. The summed E-state index contributed by atoms with van der Waals surface area (Å²) in [6.45, 7) is 8.57. The van der Waals surface area contributed by atoms with Crippen LogP contribution in [0.2, 0.25) is 0 Å². The van der Waals surface area contributed by atoms with Crippen LogP contribution >= 0.6 is 0 Å². The van der Waals surface area contributed by atoms with Gasteiger partial charge in [-0.2, -0.15) is 5.10 Å². The summed E-state index contributed by atoms with van der Waals surface area (Å²) < 4.78 is 39.3. The Labute approximate surface area is 280 Å². The highest BCUT2D eigenvalue weighted by atomic mass is 19.2. The van der Waals surface area contributed by atoms with Gasteiger partial charge in [-0.15, -0.1) is 0 Å². The number of morpholine rings is 1. The van der Waals surface area contributed by atoms with Gasteiger partial charge < -0.3 is 25.0 Å². The van der Waals surface area contributed by atoms with Gasteiger partial charge in [0.15, 0.2) is 17.3 Å². The fraction of sp³-hybridized carbons (Fsp3) is 0.371. The third-order valence-electron chi connectivity index (χ3n) is 8.52. The lowest BCUT2D eigenvalue weighted by Crippen LogP contribution is -2.40. The Morgan fingerprint density at radius 1 is 1.00 bits per heavy atom. The summed E-state index contributed by atoms with van der Waals surface area (Å²) in [5.74, 6) is -4.14. The summed E-state index contributed by atoms with van der Waals surface area (Å²) in [6, 6.07) is 7.63. The lowest BCUT2D eigenvalue weighted by molar-refractivity contribution is 0.00681. The highest BCUT2D eigenvalue weighted by molar-refractivity contribution is 6.03. The van der Waals surface area contributed by atoms with Crippen LogP contribution in [0.4, 0.5) is 8.78 Å². The highest BCUT2D eigenvalue weighted by Crippen LogP contribution is 2.35. The van der Waals surface area contributed by atoms with E-state index in [1.807, 2.05) is 13.0 Å². The van der Waals surface area contributed by atoms with Gasteiger partial charge in [0.1, 0.15) is 22.6 Å². The largest absolute Gasteiger partial charge is 0.456 e. The summed E-state index contributed by atoms with van der Waals surface area (Å²) in [5.41, 5.74) is 2.60. The van der Waals surface area contributed by atoms with Gasteiger partial charge >= 0.3 is 5.97 Å². The monoisotopic (exact) mass is 674 g/mol. The SMILES string of the molecule is Cc1c(C(=O)OC(C)(C)C)ccc2c1CC[C@@H]2NC(=O)c1cc(C(=O)NCc2ccc(F)c(F)c2)nc2c(C(=O)N3CCOCC3)cnn12. The van der Waals surface area contributed by atoms with Crippen molar-refractivity contribution < 1.29 is 37.4 Å². The minimum Gasteiger partial charge on any atom is -0.456 e. The number of rotatable bonds is 7. The molecule has 3 amide bonds. The Hall–Kier alpha value is -5.24. The Balaban J connectivity index is 1.30. The number of carbonyl (C=O) groups is 4. The molecule has 14 heteroatoms. The number of fused-ring (bicyclic) bond motifs is 2. The first-order valence-corrected chi connectivity index (χ1v) is 15.9. The van der Waals surface area contributed by atoms with Gasteiger partial charge in [-0.1, -0.05) is 12.1 Å². The third kappa shape index (κ3) is 7.00. The molecule has 0 spiro atoms. The molecule has 1 aliphatic carbocycles. The quantitative estimate of drug-likeness (QED) is 0.279. The van der Waals surface area contributed by atoms with Gasteiger partial charge in [-0.3, -0.25) is 14.4 Å². The van der Waals surface area contributed by atoms with Crippen LogP contribution in [0.3, 0.4) is 0 Å². The van der Waals surface area contributed by atoms with Crippen molar-refractivity contribution in [2.75, 3.05) is 26.3 Å². The van der Waals surface area contributed by atoms with Crippen LogP contribution in [0, 0.1) is 18.6 Å². The van der Waals surface area contributed by atoms with E-state index in [1.54, 1.807) is 31.7 Å². The summed E-state index contributed by atoms with van der Waals surface area (Å²) >= 11 is 0. The molecule has 0 unspecified atom stereocenters. The number of amides is 3. The van der Waals surface area contributed by atoms with Crippen molar-refractivity contribution in [3.05, 3.63) is 99.0 Å². The second-order valence-electron chi connectivity index (χ2n) is 13.0. The van der Waals surface area contributed by atoms with Crippen LogP contribution < -0.4 is 10.6 Å². The number of aromatic nitrogens is 3. The molecule has 12 nitrogen and oxygen atoms in total. The van der Waals surface area contributed by atoms with E-state index in [9.17, 15) is 28.0 Å². The Kier molecular flexibility index (Phi) is 9.16. The predicted molar refractivity (Wildman–Crippen MR) is 172 cm³/mol. The minimum absolute atomic E-state index is 0.00628. The first-order chi connectivity index (χ1) is 23.3. The zero-order valence-corrected chi connectivity index (χ0v) is 27.6. The van der Waals surface area contributed by atoms with E-state index in [0.717, 1.165) is 28.8 Å². The maximum absolute atomic E-state index is 14.0. The van der Waals surface area contributed by atoms with Crippen LogP contribution in [0.5, 0.6) is 0 Å². The zero-order valence-electron chi connectivity index (χ0n) is 27.6. The van der Waals surface area contributed by atoms with Crippen LogP contribution in [0.25, 0.3) is 5.65 Å². The molecule has 1 aliphatic heterocycles. The fourth-order valence-corrected chi connectivity index (χ4v) is 6.07. The number of carbonyl (C=O) groups excluding carboxylic acids is 4. The number of hydrogen-bond donors (Lipinski definition) is 2. The Bertz CT molecular complexity index is 1980. The third-order valence-corrected chi connectivity index (χ3v) is 8.52. The van der Waals surface area contributed by atoms with E-state index < -0.39 is 41.1 Å². The van der Waals surface area contributed by atoms with E-state index in [4.69, 9.17) is 9.47 Å². The molecular weight excluding hydrogens is 638 g/mol. The lowest BCUT2D eigenvalue weighted by Gasteiger charge is -2.26. The molecule has 2 aliphatic rings. The molecule has 2 aromatic heterocycles. The number of nitrogens with zero attached hydrogens (tertiary/aromatic N) is 4. The van der Waals surface area contributed by atoms with Crippen molar-refractivity contribution in [1.29, 1.82) is 0 Å². The van der Waals surface area contributed by atoms with Crippen LogP contribution in [-0.4, -0.2) is 75.1 Å². The maximum atomic E-state index is 14.0. The number of ether oxygens (including phenoxy) is 2. The summed E-state index contributed by atoms with van der Waals surface area (Å²) in [5, 5.41) is 9.96. The van der Waals surface area contributed by atoms with Crippen LogP contribution in [-0.2, 0) is 22.4 Å². The minimum atomic E-state index is -1.06. The topological polar surface area (TPSA) is 144 Å². The molecule has 1 atom stereocenters. The molecule has 0 saturated carbocycles. The van der Waals surface area contributed by atoms with Gasteiger partial charge in [0.05, 0.1) is 31.0 Å². The highest BCUT2D eigenvalue weighted by Gasteiger charge is 2.31. The van der Waals surface area contributed by atoms with Crippen molar-refractivity contribution in [1.82, 2.24) is 30.1 Å². The number of hydrogen-bond acceptors (Lipinski definition) is 8. The molecular formula is C35H36F2N6O6. The first-order valence-electron chi connectivity index (χ1n) is 15.9. The molecule has 2 N–H and O–H groups in total. The van der Waals surface area contributed by atoms with E-state index in [0.29, 0.717) is 50.3 Å². The van der Waals surface area contributed by atoms with E-state index >= 15 is 0 Å². The molecule has 0 radical (unpaired) electrons. The Morgan fingerprint density at radius 2 is 1.76 bits per heavy atom. The predicted octanol–water partition coefficient (Wildman–Crippen LogP) is 4.09. The van der Waals surface area contributed by atoms with E-state index in [-0.39, 0.29) is 35.1 Å². The smallest absolute Gasteiger partial charge is 0.338 e. The van der Waals surface area contributed by atoms with Gasteiger partial charge in [0, 0.05) is 25.7 Å². The van der Waals surface area contributed by atoms with Crippen LogP contribution in [0.15, 0.2) is 42.6 Å². The molecule has 2 aromatic carbocycles. The van der Waals surface area contributed by atoms with Gasteiger partial charge in [0.2, 0.25) is 0 Å². The van der Waals surface area contributed by atoms with Gasteiger partial charge in [-0.25, -0.2) is 23.1 Å². The molecule has 1 saturated heterocycles. The first kappa shape index (κ1) is 33.7. The number of halogens is 2. The zero-order chi connectivity index (χ0) is 35.0. The molecule has 3 heterocycles. The normalized spacial score (nSPS) is 16.0.